The predicted octanol–water partition coefficient (Wildman–Crippen LogP) is 3.03. The van der Waals surface area contributed by atoms with Crippen molar-refractivity contribution in [3.63, 3.8) is 0 Å². The second-order valence-electron chi connectivity index (χ2n) is 6.73. The Bertz CT molecular complexity index is 935. The van der Waals surface area contributed by atoms with Crippen molar-refractivity contribution >= 4 is 22.6 Å². The number of primary amides is 1. The number of halogens is 1. The molecule has 1 atom stereocenters. The van der Waals surface area contributed by atoms with Crippen molar-refractivity contribution in [2.75, 3.05) is 18.4 Å². The number of nitrogens with zero attached hydrogens (tertiary/aromatic N) is 2. The molecule has 7 heteroatoms. The Morgan fingerprint density at radius 1 is 1.21 bits per heavy atom. The standard InChI is InChI=1S/C14H17N5O.C7H7F/c15-13(20)10-4-1-5-11-12(10)17-8-18-14(11)19-9-3-2-6-16-7-9;1-6-4-2-3-5-7(6)8/h1,4-5,8-9,16H,2-3,6-7H2,(H2,15,20)(H,17,18,19);2-5H,1H3. The van der Waals surface area contributed by atoms with Gasteiger partial charge in [0.1, 0.15) is 18.0 Å². The molecule has 0 saturated carbocycles. The molecule has 1 fully saturated rings. The van der Waals surface area contributed by atoms with E-state index >= 15 is 0 Å². The van der Waals surface area contributed by atoms with E-state index in [0.717, 1.165) is 37.1 Å². The summed E-state index contributed by atoms with van der Waals surface area (Å²) in [4.78, 5) is 19.9. The number of rotatable bonds is 3. The molecule has 1 aromatic heterocycles. The first-order valence-electron chi connectivity index (χ1n) is 9.28. The quantitative estimate of drug-likeness (QED) is 0.648. The number of aromatic nitrogens is 2. The molecule has 2 aromatic carbocycles. The van der Waals surface area contributed by atoms with E-state index in [-0.39, 0.29) is 5.82 Å². The first-order chi connectivity index (χ1) is 13.6. The minimum atomic E-state index is -0.473. The zero-order valence-corrected chi connectivity index (χ0v) is 15.8. The van der Waals surface area contributed by atoms with E-state index in [9.17, 15) is 9.18 Å². The van der Waals surface area contributed by atoms with Gasteiger partial charge in [-0.15, -0.1) is 0 Å². The number of hydrogen-bond donors (Lipinski definition) is 3. The Balaban J connectivity index is 0.000000236. The molecule has 0 radical (unpaired) electrons. The molecule has 146 valence electrons. The summed E-state index contributed by atoms with van der Waals surface area (Å²) in [7, 11) is 0. The monoisotopic (exact) mass is 381 g/mol. The van der Waals surface area contributed by atoms with Crippen LogP contribution in [0.15, 0.2) is 48.8 Å². The van der Waals surface area contributed by atoms with Crippen LogP contribution in [0.2, 0.25) is 0 Å². The number of nitrogens with one attached hydrogen (secondary N) is 2. The van der Waals surface area contributed by atoms with Crippen LogP contribution in [-0.2, 0) is 0 Å². The molecule has 4 N–H and O–H groups in total. The summed E-state index contributed by atoms with van der Waals surface area (Å²) >= 11 is 0. The van der Waals surface area contributed by atoms with Gasteiger partial charge >= 0.3 is 0 Å². The third-order valence-electron chi connectivity index (χ3n) is 4.64. The lowest BCUT2D eigenvalue weighted by molar-refractivity contribution is 0.100. The maximum absolute atomic E-state index is 12.3. The second-order valence-corrected chi connectivity index (χ2v) is 6.73. The molecular formula is C21H24FN5O. The minimum absolute atomic E-state index is 0.132. The first-order valence-corrected chi connectivity index (χ1v) is 9.28. The van der Waals surface area contributed by atoms with E-state index in [0.29, 0.717) is 22.7 Å². The average molecular weight is 381 g/mol. The number of amides is 1. The van der Waals surface area contributed by atoms with Crippen LogP contribution in [0.25, 0.3) is 10.9 Å². The molecule has 0 aliphatic carbocycles. The van der Waals surface area contributed by atoms with E-state index in [1.54, 1.807) is 31.2 Å². The third kappa shape index (κ3) is 4.80. The summed E-state index contributed by atoms with van der Waals surface area (Å²) in [6.07, 6.45) is 3.72. The third-order valence-corrected chi connectivity index (χ3v) is 4.64. The molecule has 0 spiro atoms. The molecule has 1 amide bonds. The summed E-state index contributed by atoms with van der Waals surface area (Å²) in [6, 6.07) is 12.4. The minimum Gasteiger partial charge on any atom is -0.366 e. The SMILES string of the molecule is Cc1ccccc1F.NC(=O)c1cccc2c(NC3CCCNC3)ncnc12. The Labute approximate surface area is 163 Å². The van der Waals surface area contributed by atoms with Crippen molar-refractivity contribution in [3.05, 3.63) is 65.7 Å². The highest BCUT2D eigenvalue weighted by Gasteiger charge is 2.16. The smallest absolute Gasteiger partial charge is 0.250 e. The van der Waals surface area contributed by atoms with E-state index < -0.39 is 5.91 Å². The summed E-state index contributed by atoms with van der Waals surface area (Å²) < 4.78 is 12.3. The van der Waals surface area contributed by atoms with Crippen molar-refractivity contribution in [1.82, 2.24) is 15.3 Å². The van der Waals surface area contributed by atoms with Gasteiger partial charge in [0, 0.05) is 18.0 Å². The van der Waals surface area contributed by atoms with Gasteiger partial charge < -0.3 is 16.4 Å². The lowest BCUT2D eigenvalue weighted by Crippen LogP contribution is -2.38. The fourth-order valence-electron chi connectivity index (χ4n) is 3.12. The zero-order chi connectivity index (χ0) is 19.9. The number of carbonyl (C=O) groups excluding carboxylic acids is 1. The highest BCUT2D eigenvalue weighted by Crippen LogP contribution is 2.23. The van der Waals surface area contributed by atoms with Gasteiger partial charge in [-0.2, -0.15) is 0 Å². The number of para-hydroxylation sites is 1. The number of benzene rings is 2. The zero-order valence-electron chi connectivity index (χ0n) is 15.8. The van der Waals surface area contributed by atoms with Crippen molar-refractivity contribution in [2.45, 2.75) is 25.8 Å². The number of hydrogen-bond acceptors (Lipinski definition) is 5. The van der Waals surface area contributed by atoms with Gasteiger partial charge in [0.05, 0.1) is 11.1 Å². The highest BCUT2D eigenvalue weighted by molar-refractivity contribution is 6.06. The second kappa shape index (κ2) is 9.23. The summed E-state index contributed by atoms with van der Waals surface area (Å²) in [5, 5.41) is 7.61. The van der Waals surface area contributed by atoms with Crippen LogP contribution in [-0.4, -0.2) is 35.0 Å². The van der Waals surface area contributed by atoms with Gasteiger partial charge in [0.25, 0.3) is 5.91 Å². The molecule has 28 heavy (non-hydrogen) atoms. The maximum atomic E-state index is 12.3. The van der Waals surface area contributed by atoms with Gasteiger partial charge in [-0.25, -0.2) is 14.4 Å². The van der Waals surface area contributed by atoms with Crippen molar-refractivity contribution in [1.29, 1.82) is 0 Å². The topological polar surface area (TPSA) is 92.9 Å². The largest absolute Gasteiger partial charge is 0.366 e. The van der Waals surface area contributed by atoms with Crippen LogP contribution in [0.1, 0.15) is 28.8 Å². The fraction of sp³-hybridized carbons (Fsp3) is 0.286. The number of fused-ring (bicyclic) bond motifs is 1. The van der Waals surface area contributed by atoms with Gasteiger partial charge in [0.2, 0.25) is 0 Å². The van der Waals surface area contributed by atoms with Gasteiger partial charge in [-0.05, 0) is 50.1 Å². The van der Waals surface area contributed by atoms with Crippen LogP contribution >= 0.6 is 0 Å². The Morgan fingerprint density at radius 2 is 2.04 bits per heavy atom. The summed E-state index contributed by atoms with van der Waals surface area (Å²) in [5.74, 6) is 0.152. The molecule has 6 nitrogen and oxygen atoms in total. The van der Waals surface area contributed by atoms with Gasteiger partial charge in [-0.3, -0.25) is 4.79 Å². The van der Waals surface area contributed by atoms with Crippen LogP contribution in [0, 0.1) is 12.7 Å². The van der Waals surface area contributed by atoms with E-state index in [1.807, 2.05) is 12.1 Å². The van der Waals surface area contributed by atoms with Gasteiger partial charge in [0.15, 0.2) is 0 Å². The number of piperidine rings is 1. The number of anilines is 1. The van der Waals surface area contributed by atoms with Crippen molar-refractivity contribution in [3.8, 4) is 0 Å². The summed E-state index contributed by atoms with van der Waals surface area (Å²) in [6.45, 7) is 3.73. The Kier molecular flexibility index (Phi) is 6.49. The van der Waals surface area contributed by atoms with Crippen molar-refractivity contribution in [2.24, 2.45) is 5.73 Å². The molecule has 2 heterocycles. The predicted molar refractivity (Wildman–Crippen MR) is 109 cm³/mol. The van der Waals surface area contributed by atoms with Crippen LogP contribution in [0.4, 0.5) is 10.2 Å². The molecule has 1 aliphatic rings. The molecule has 1 aliphatic heterocycles. The van der Waals surface area contributed by atoms with Crippen LogP contribution in [0.5, 0.6) is 0 Å². The Morgan fingerprint density at radius 3 is 2.68 bits per heavy atom. The van der Waals surface area contributed by atoms with E-state index in [1.165, 1.54) is 12.4 Å². The molecule has 4 rings (SSSR count). The van der Waals surface area contributed by atoms with Gasteiger partial charge in [-0.1, -0.05) is 24.3 Å². The molecule has 3 aromatic rings. The lowest BCUT2D eigenvalue weighted by atomic mass is 10.1. The first kappa shape index (κ1) is 19.7. The number of aryl methyl sites for hydroxylation is 1. The highest BCUT2D eigenvalue weighted by atomic mass is 19.1. The Hall–Kier alpha value is -3.06. The fourth-order valence-corrected chi connectivity index (χ4v) is 3.12. The molecule has 0 bridgehead atoms. The van der Waals surface area contributed by atoms with E-state index in [4.69, 9.17) is 5.73 Å². The van der Waals surface area contributed by atoms with Crippen LogP contribution < -0.4 is 16.4 Å². The number of carbonyl (C=O) groups is 1. The average Bonchev–Trinajstić information content (AvgIpc) is 2.71. The van der Waals surface area contributed by atoms with E-state index in [2.05, 4.69) is 20.6 Å². The molecular weight excluding hydrogens is 357 g/mol. The normalized spacial score (nSPS) is 16.1. The number of nitrogens with two attached hydrogens (primary N) is 1. The maximum Gasteiger partial charge on any atom is 0.250 e. The lowest BCUT2D eigenvalue weighted by Gasteiger charge is -2.24. The van der Waals surface area contributed by atoms with Crippen molar-refractivity contribution < 1.29 is 9.18 Å². The van der Waals surface area contributed by atoms with Crippen LogP contribution in [0.3, 0.4) is 0 Å². The molecule has 1 unspecified atom stereocenters. The summed E-state index contributed by atoms with van der Waals surface area (Å²) in [5.41, 5.74) is 7.11. The molecule has 1 saturated heterocycles.